The highest BCUT2D eigenvalue weighted by atomic mass is 32.2. The van der Waals surface area contributed by atoms with Crippen molar-refractivity contribution in [1.82, 2.24) is 9.62 Å². The standard InChI is InChI=1S/C9H14N2O3S2/c1-6-8(16(13,14)11(3)4)5-7(15-6)9(12)10-2/h5H,1-4H3,(H,10,12). The highest BCUT2D eigenvalue weighted by Gasteiger charge is 2.23. The van der Waals surface area contributed by atoms with Gasteiger partial charge >= 0.3 is 0 Å². The summed E-state index contributed by atoms with van der Waals surface area (Å²) in [5, 5.41) is 2.47. The second-order valence-corrected chi connectivity index (χ2v) is 6.77. The number of sulfonamides is 1. The number of hydrogen-bond acceptors (Lipinski definition) is 4. The van der Waals surface area contributed by atoms with Crippen LogP contribution in [0.25, 0.3) is 0 Å². The van der Waals surface area contributed by atoms with Gasteiger partial charge in [0.05, 0.1) is 9.77 Å². The minimum Gasteiger partial charge on any atom is -0.354 e. The van der Waals surface area contributed by atoms with Crippen LogP contribution in [0.15, 0.2) is 11.0 Å². The number of rotatable bonds is 3. The molecule has 0 radical (unpaired) electrons. The number of amides is 1. The Kier molecular flexibility index (Phi) is 3.72. The van der Waals surface area contributed by atoms with Crippen LogP contribution in [0.5, 0.6) is 0 Å². The van der Waals surface area contributed by atoms with Crippen molar-refractivity contribution in [2.45, 2.75) is 11.8 Å². The molecule has 0 saturated heterocycles. The molecule has 0 saturated carbocycles. The summed E-state index contributed by atoms with van der Waals surface area (Å²) in [5.74, 6) is -0.270. The first-order chi connectivity index (χ1) is 7.30. The summed E-state index contributed by atoms with van der Waals surface area (Å²) in [6.45, 7) is 1.69. The van der Waals surface area contributed by atoms with E-state index in [4.69, 9.17) is 0 Å². The maximum Gasteiger partial charge on any atom is 0.261 e. The van der Waals surface area contributed by atoms with Gasteiger partial charge in [0.25, 0.3) is 5.91 Å². The average Bonchev–Trinajstić information content (AvgIpc) is 2.59. The first kappa shape index (κ1) is 13.1. The van der Waals surface area contributed by atoms with Gasteiger partial charge in [-0.2, -0.15) is 0 Å². The Labute approximate surface area is 99.1 Å². The first-order valence-corrected chi connectivity index (χ1v) is 6.81. The largest absolute Gasteiger partial charge is 0.354 e. The Morgan fingerprint density at radius 3 is 2.44 bits per heavy atom. The number of nitrogens with zero attached hydrogens (tertiary/aromatic N) is 1. The molecule has 7 heteroatoms. The summed E-state index contributed by atoms with van der Waals surface area (Å²) in [6.07, 6.45) is 0. The molecule has 0 fully saturated rings. The molecule has 1 aromatic heterocycles. The minimum absolute atomic E-state index is 0.195. The summed E-state index contributed by atoms with van der Waals surface area (Å²) in [6, 6.07) is 1.41. The summed E-state index contributed by atoms with van der Waals surface area (Å²) >= 11 is 1.17. The molecule has 1 aromatic rings. The van der Waals surface area contributed by atoms with Gasteiger partial charge in [-0.05, 0) is 13.0 Å². The lowest BCUT2D eigenvalue weighted by molar-refractivity contribution is 0.0967. The Morgan fingerprint density at radius 2 is 2.00 bits per heavy atom. The zero-order valence-corrected chi connectivity index (χ0v) is 11.2. The van der Waals surface area contributed by atoms with Crippen LogP contribution in [0.1, 0.15) is 14.5 Å². The van der Waals surface area contributed by atoms with E-state index in [0.29, 0.717) is 9.75 Å². The zero-order valence-electron chi connectivity index (χ0n) is 9.57. The quantitative estimate of drug-likeness (QED) is 0.870. The summed E-state index contributed by atoms with van der Waals surface area (Å²) < 4.78 is 24.9. The predicted octanol–water partition coefficient (Wildman–Crippen LogP) is 0.666. The molecule has 0 unspecified atom stereocenters. The molecule has 0 aliphatic rings. The van der Waals surface area contributed by atoms with E-state index in [0.717, 1.165) is 4.31 Å². The van der Waals surface area contributed by atoms with E-state index in [9.17, 15) is 13.2 Å². The molecule has 0 aliphatic heterocycles. The van der Waals surface area contributed by atoms with Crippen molar-refractivity contribution in [2.75, 3.05) is 21.1 Å². The van der Waals surface area contributed by atoms with Gasteiger partial charge in [-0.25, -0.2) is 12.7 Å². The number of nitrogens with one attached hydrogen (secondary N) is 1. The molecule has 0 bridgehead atoms. The maximum absolute atomic E-state index is 11.9. The van der Waals surface area contributed by atoms with Crippen LogP contribution in [0.4, 0.5) is 0 Å². The third-order valence-corrected chi connectivity index (χ3v) is 5.20. The molecule has 90 valence electrons. The van der Waals surface area contributed by atoms with Crippen LogP contribution in [0.2, 0.25) is 0 Å². The van der Waals surface area contributed by atoms with Gasteiger partial charge in [0.1, 0.15) is 0 Å². The van der Waals surface area contributed by atoms with E-state index in [2.05, 4.69) is 5.32 Å². The van der Waals surface area contributed by atoms with Gasteiger partial charge in [0.2, 0.25) is 10.0 Å². The Bertz CT molecular complexity index is 503. The predicted molar refractivity (Wildman–Crippen MR) is 63.3 cm³/mol. The monoisotopic (exact) mass is 262 g/mol. The lowest BCUT2D eigenvalue weighted by atomic mass is 10.4. The second-order valence-electron chi connectivity index (χ2n) is 3.40. The van der Waals surface area contributed by atoms with Gasteiger partial charge < -0.3 is 5.32 Å². The fourth-order valence-corrected chi connectivity index (χ4v) is 3.55. The third-order valence-electron chi connectivity index (χ3n) is 2.08. The number of carbonyl (C=O) groups excluding carboxylic acids is 1. The van der Waals surface area contributed by atoms with Gasteiger partial charge in [-0.3, -0.25) is 4.79 Å². The van der Waals surface area contributed by atoms with Crippen molar-refractivity contribution in [2.24, 2.45) is 0 Å². The van der Waals surface area contributed by atoms with Crippen molar-refractivity contribution < 1.29 is 13.2 Å². The van der Waals surface area contributed by atoms with Gasteiger partial charge in [0, 0.05) is 26.0 Å². The van der Waals surface area contributed by atoms with Crippen LogP contribution in [0.3, 0.4) is 0 Å². The Hall–Kier alpha value is -0.920. The first-order valence-electron chi connectivity index (χ1n) is 4.55. The molecule has 1 amide bonds. The molecule has 16 heavy (non-hydrogen) atoms. The van der Waals surface area contributed by atoms with Crippen LogP contribution in [-0.4, -0.2) is 39.8 Å². The number of thiophene rings is 1. The van der Waals surface area contributed by atoms with Gasteiger partial charge in [0.15, 0.2) is 0 Å². The zero-order chi connectivity index (χ0) is 12.5. The third kappa shape index (κ3) is 2.26. The van der Waals surface area contributed by atoms with E-state index in [-0.39, 0.29) is 10.8 Å². The van der Waals surface area contributed by atoms with E-state index < -0.39 is 10.0 Å². The summed E-state index contributed by atoms with van der Waals surface area (Å²) in [5.41, 5.74) is 0. The van der Waals surface area contributed by atoms with E-state index in [1.165, 1.54) is 38.5 Å². The van der Waals surface area contributed by atoms with E-state index >= 15 is 0 Å². The second kappa shape index (κ2) is 4.52. The molecule has 1 rings (SSSR count). The lowest BCUT2D eigenvalue weighted by Crippen LogP contribution is -2.22. The highest BCUT2D eigenvalue weighted by molar-refractivity contribution is 7.89. The molecule has 0 spiro atoms. The fourth-order valence-electron chi connectivity index (χ4n) is 1.15. The highest BCUT2D eigenvalue weighted by Crippen LogP contribution is 2.27. The van der Waals surface area contributed by atoms with Crippen molar-refractivity contribution in [1.29, 1.82) is 0 Å². The van der Waals surface area contributed by atoms with Crippen LogP contribution < -0.4 is 5.32 Å². The summed E-state index contributed by atoms with van der Waals surface area (Å²) in [7, 11) is 0.975. The van der Waals surface area contributed by atoms with Gasteiger partial charge in [-0.1, -0.05) is 0 Å². The van der Waals surface area contributed by atoms with E-state index in [1.807, 2.05) is 0 Å². The number of carbonyl (C=O) groups is 1. The number of hydrogen-bond donors (Lipinski definition) is 1. The molecular formula is C9H14N2O3S2. The lowest BCUT2D eigenvalue weighted by Gasteiger charge is -2.10. The van der Waals surface area contributed by atoms with Crippen LogP contribution in [-0.2, 0) is 10.0 Å². The molecule has 0 atom stereocenters. The van der Waals surface area contributed by atoms with Gasteiger partial charge in [-0.15, -0.1) is 11.3 Å². The van der Waals surface area contributed by atoms with Crippen molar-refractivity contribution in [3.63, 3.8) is 0 Å². The Morgan fingerprint density at radius 1 is 1.44 bits per heavy atom. The molecule has 1 heterocycles. The number of aryl methyl sites for hydroxylation is 1. The molecular weight excluding hydrogens is 248 g/mol. The van der Waals surface area contributed by atoms with Crippen molar-refractivity contribution >= 4 is 27.3 Å². The smallest absolute Gasteiger partial charge is 0.261 e. The Balaban J connectivity index is 3.28. The molecule has 5 nitrogen and oxygen atoms in total. The maximum atomic E-state index is 11.9. The summed E-state index contributed by atoms with van der Waals surface area (Å²) in [4.78, 5) is 12.6. The normalized spacial score (nSPS) is 11.8. The molecule has 0 aliphatic carbocycles. The minimum atomic E-state index is -3.46. The van der Waals surface area contributed by atoms with E-state index in [1.54, 1.807) is 6.92 Å². The average molecular weight is 262 g/mol. The topological polar surface area (TPSA) is 66.5 Å². The van der Waals surface area contributed by atoms with Crippen molar-refractivity contribution in [3.05, 3.63) is 15.8 Å². The molecule has 0 aromatic carbocycles. The van der Waals surface area contributed by atoms with Crippen LogP contribution in [0, 0.1) is 6.92 Å². The fraction of sp³-hybridized carbons (Fsp3) is 0.444. The molecule has 1 N–H and O–H groups in total. The van der Waals surface area contributed by atoms with Crippen molar-refractivity contribution in [3.8, 4) is 0 Å². The SMILES string of the molecule is CNC(=O)c1cc(S(=O)(=O)N(C)C)c(C)s1. The van der Waals surface area contributed by atoms with Crippen LogP contribution >= 0.6 is 11.3 Å².